The maximum atomic E-state index is 12.0. The number of sulfone groups is 1. The standard InChI is InChI=1S/C32H36O6S/c1-4-36-32(33)28-19-27(28)24-11-8-22(9-12-24)6-7-23-10-13-30-29(17-23)31-21(2)16-26(18-25(31)20-38-30)37-14-5-15-39(3,34)35/h8-13,16-18,27-28H,4-7,14-15,19-20H2,1-3H3/t27-,28+/m1/s1. The molecule has 2 aliphatic rings. The van der Waals surface area contributed by atoms with Crippen LogP contribution in [0.2, 0.25) is 0 Å². The number of hydrogen-bond acceptors (Lipinski definition) is 6. The van der Waals surface area contributed by atoms with Gasteiger partial charge in [0.1, 0.15) is 27.9 Å². The minimum Gasteiger partial charge on any atom is -0.494 e. The van der Waals surface area contributed by atoms with E-state index in [1.165, 1.54) is 28.5 Å². The Bertz CT molecular complexity index is 1460. The summed E-state index contributed by atoms with van der Waals surface area (Å²) in [6.45, 7) is 5.21. The molecule has 3 aromatic rings. The van der Waals surface area contributed by atoms with E-state index in [-0.39, 0.29) is 17.6 Å². The summed E-state index contributed by atoms with van der Waals surface area (Å²) in [5.74, 6) is 1.99. The molecule has 1 fully saturated rings. The topological polar surface area (TPSA) is 78.9 Å². The monoisotopic (exact) mass is 548 g/mol. The molecule has 2 atom stereocenters. The SMILES string of the molecule is CCOC(=O)[C@H]1C[C@@H]1c1ccc(CCc2ccc3c(c2)-c2c(C)cc(OCCCS(C)(=O)=O)cc2CO3)cc1. The first-order valence-corrected chi connectivity index (χ1v) is 15.7. The van der Waals surface area contributed by atoms with Gasteiger partial charge in [0.15, 0.2) is 0 Å². The molecule has 3 aromatic carbocycles. The van der Waals surface area contributed by atoms with Gasteiger partial charge in [0.25, 0.3) is 0 Å². The summed E-state index contributed by atoms with van der Waals surface area (Å²) in [4.78, 5) is 12.0. The Labute approximate surface area is 231 Å². The maximum absolute atomic E-state index is 12.0. The third-order valence-electron chi connectivity index (χ3n) is 7.51. The van der Waals surface area contributed by atoms with Crippen LogP contribution in [-0.4, -0.2) is 39.6 Å². The van der Waals surface area contributed by atoms with Crippen molar-refractivity contribution in [3.8, 4) is 22.6 Å². The van der Waals surface area contributed by atoms with Crippen LogP contribution >= 0.6 is 0 Å². The van der Waals surface area contributed by atoms with E-state index >= 15 is 0 Å². The molecule has 0 spiro atoms. The van der Waals surface area contributed by atoms with E-state index in [0.29, 0.717) is 32.2 Å². The Kier molecular flexibility index (Phi) is 7.98. The fourth-order valence-corrected chi connectivity index (χ4v) is 6.06. The van der Waals surface area contributed by atoms with Crippen LogP contribution in [0.1, 0.15) is 53.5 Å². The number of hydrogen-bond donors (Lipinski definition) is 0. The van der Waals surface area contributed by atoms with Gasteiger partial charge in [0.2, 0.25) is 0 Å². The van der Waals surface area contributed by atoms with Gasteiger partial charge in [-0.3, -0.25) is 4.79 Å². The van der Waals surface area contributed by atoms with Crippen molar-refractivity contribution in [1.82, 2.24) is 0 Å². The fourth-order valence-electron chi connectivity index (χ4n) is 5.42. The van der Waals surface area contributed by atoms with Crippen molar-refractivity contribution in [2.75, 3.05) is 25.2 Å². The summed E-state index contributed by atoms with van der Waals surface area (Å²) < 4.78 is 39.8. The number of fused-ring (bicyclic) bond motifs is 3. The number of rotatable bonds is 11. The summed E-state index contributed by atoms with van der Waals surface area (Å²) in [5.41, 5.74) is 8.22. The van der Waals surface area contributed by atoms with Gasteiger partial charge in [-0.1, -0.05) is 30.3 Å². The Morgan fingerprint density at radius 3 is 2.51 bits per heavy atom. The molecule has 1 saturated carbocycles. The van der Waals surface area contributed by atoms with Crippen LogP contribution in [0.3, 0.4) is 0 Å². The molecule has 1 aliphatic heterocycles. The Morgan fingerprint density at radius 1 is 1.03 bits per heavy atom. The fraction of sp³-hybridized carbons (Fsp3) is 0.406. The van der Waals surface area contributed by atoms with Gasteiger partial charge in [0, 0.05) is 17.4 Å². The minimum atomic E-state index is -2.99. The average Bonchev–Trinajstić information content (AvgIpc) is 3.71. The molecule has 206 valence electrons. The summed E-state index contributed by atoms with van der Waals surface area (Å²) in [7, 11) is -2.99. The highest BCUT2D eigenvalue weighted by molar-refractivity contribution is 7.90. The first-order chi connectivity index (χ1) is 18.7. The zero-order chi connectivity index (χ0) is 27.6. The molecule has 0 radical (unpaired) electrons. The van der Waals surface area contributed by atoms with Gasteiger partial charge in [-0.05, 0) is 97.5 Å². The smallest absolute Gasteiger partial charge is 0.309 e. The van der Waals surface area contributed by atoms with E-state index in [9.17, 15) is 13.2 Å². The highest BCUT2D eigenvalue weighted by Crippen LogP contribution is 2.48. The third kappa shape index (κ3) is 6.64. The van der Waals surface area contributed by atoms with E-state index in [4.69, 9.17) is 14.2 Å². The second-order valence-electron chi connectivity index (χ2n) is 10.7. The lowest BCUT2D eigenvalue weighted by atomic mass is 9.90. The van der Waals surface area contributed by atoms with E-state index in [2.05, 4.69) is 49.4 Å². The summed E-state index contributed by atoms with van der Waals surface area (Å²) in [5, 5.41) is 0. The second-order valence-corrected chi connectivity index (χ2v) is 12.9. The van der Waals surface area contributed by atoms with Gasteiger partial charge in [-0.25, -0.2) is 8.42 Å². The van der Waals surface area contributed by atoms with E-state index in [0.717, 1.165) is 47.5 Å². The van der Waals surface area contributed by atoms with Crippen molar-refractivity contribution in [1.29, 1.82) is 0 Å². The number of esters is 1. The molecule has 7 heteroatoms. The van der Waals surface area contributed by atoms with Crippen LogP contribution < -0.4 is 9.47 Å². The summed E-state index contributed by atoms with van der Waals surface area (Å²) in [6.07, 6.45) is 4.44. The number of benzene rings is 3. The highest BCUT2D eigenvalue weighted by Gasteiger charge is 2.45. The molecule has 1 heterocycles. The predicted molar refractivity (Wildman–Crippen MR) is 152 cm³/mol. The van der Waals surface area contributed by atoms with Crippen LogP contribution in [0.5, 0.6) is 11.5 Å². The quantitative estimate of drug-likeness (QED) is 0.222. The number of carbonyl (C=O) groups is 1. The molecule has 0 saturated heterocycles. The van der Waals surface area contributed by atoms with Crippen molar-refractivity contribution in [2.24, 2.45) is 5.92 Å². The van der Waals surface area contributed by atoms with Crippen LogP contribution in [0.4, 0.5) is 0 Å². The van der Waals surface area contributed by atoms with E-state index in [1.807, 2.05) is 19.1 Å². The minimum absolute atomic E-state index is 0.0161. The molecule has 6 nitrogen and oxygen atoms in total. The Morgan fingerprint density at radius 2 is 1.77 bits per heavy atom. The zero-order valence-electron chi connectivity index (χ0n) is 22.9. The molecule has 0 bridgehead atoms. The van der Waals surface area contributed by atoms with Crippen LogP contribution in [0.15, 0.2) is 54.6 Å². The summed E-state index contributed by atoms with van der Waals surface area (Å²) >= 11 is 0. The van der Waals surface area contributed by atoms with Crippen molar-refractivity contribution in [3.63, 3.8) is 0 Å². The van der Waals surface area contributed by atoms with Gasteiger partial charge >= 0.3 is 5.97 Å². The zero-order valence-corrected chi connectivity index (χ0v) is 23.7. The largest absolute Gasteiger partial charge is 0.494 e. The normalized spacial score (nSPS) is 17.5. The molecule has 0 unspecified atom stereocenters. The molecule has 39 heavy (non-hydrogen) atoms. The molecular weight excluding hydrogens is 512 g/mol. The molecular formula is C32H36O6S. The number of carbonyl (C=O) groups excluding carboxylic acids is 1. The van der Waals surface area contributed by atoms with Gasteiger partial charge in [-0.2, -0.15) is 0 Å². The number of aryl methyl sites for hydroxylation is 3. The lowest BCUT2D eigenvalue weighted by Crippen LogP contribution is -2.10. The van der Waals surface area contributed by atoms with Crippen molar-refractivity contribution >= 4 is 15.8 Å². The van der Waals surface area contributed by atoms with Crippen LogP contribution in [-0.2, 0) is 38.8 Å². The molecule has 5 rings (SSSR count). The average molecular weight is 549 g/mol. The Balaban J connectivity index is 1.23. The first-order valence-electron chi connectivity index (χ1n) is 13.7. The lowest BCUT2D eigenvalue weighted by Gasteiger charge is -2.24. The van der Waals surface area contributed by atoms with Crippen LogP contribution in [0, 0.1) is 12.8 Å². The molecule has 0 aromatic heterocycles. The third-order valence-corrected chi connectivity index (χ3v) is 8.54. The van der Waals surface area contributed by atoms with Gasteiger partial charge in [0.05, 0.1) is 24.9 Å². The molecule has 0 N–H and O–H groups in total. The van der Waals surface area contributed by atoms with Gasteiger partial charge in [-0.15, -0.1) is 0 Å². The first kappa shape index (κ1) is 27.3. The van der Waals surface area contributed by atoms with E-state index < -0.39 is 9.84 Å². The van der Waals surface area contributed by atoms with Gasteiger partial charge < -0.3 is 14.2 Å². The van der Waals surface area contributed by atoms with E-state index in [1.54, 1.807) is 0 Å². The Hall–Kier alpha value is -3.32. The second kappa shape index (κ2) is 11.4. The van der Waals surface area contributed by atoms with Crippen LogP contribution in [0.25, 0.3) is 11.1 Å². The predicted octanol–water partition coefficient (Wildman–Crippen LogP) is 5.82. The molecule has 1 aliphatic carbocycles. The summed E-state index contributed by atoms with van der Waals surface area (Å²) in [6, 6.07) is 19.1. The lowest BCUT2D eigenvalue weighted by molar-refractivity contribution is -0.144. The van der Waals surface area contributed by atoms with Crippen molar-refractivity contribution in [2.45, 2.75) is 52.1 Å². The maximum Gasteiger partial charge on any atom is 0.309 e. The highest BCUT2D eigenvalue weighted by atomic mass is 32.2. The molecule has 0 amide bonds. The number of ether oxygens (including phenoxy) is 3. The van der Waals surface area contributed by atoms with Crippen molar-refractivity contribution < 1.29 is 27.4 Å². The van der Waals surface area contributed by atoms with Crippen molar-refractivity contribution in [3.05, 3.63) is 82.4 Å².